The van der Waals surface area contributed by atoms with Gasteiger partial charge in [-0.25, -0.2) is 4.98 Å². The maximum Gasteiger partial charge on any atom is 0.127 e. The van der Waals surface area contributed by atoms with Gasteiger partial charge in [-0.3, -0.25) is 0 Å². The SMILES string of the molecule is CCc1ccccc1-c1ccc(CNCCc2nc3ccccc3[nH]2)cc1OC. The molecular weight excluding hydrogens is 358 g/mol. The average Bonchev–Trinajstić information content (AvgIpc) is 3.19. The molecule has 4 rings (SSSR count). The van der Waals surface area contributed by atoms with Crippen molar-refractivity contribution in [2.75, 3.05) is 13.7 Å². The number of nitrogens with zero attached hydrogens (tertiary/aromatic N) is 1. The van der Waals surface area contributed by atoms with Crippen molar-refractivity contribution >= 4 is 11.0 Å². The molecule has 0 saturated heterocycles. The molecule has 1 heterocycles. The lowest BCUT2D eigenvalue weighted by atomic mass is 9.96. The third-order valence-electron chi connectivity index (χ3n) is 5.26. The summed E-state index contributed by atoms with van der Waals surface area (Å²) in [5.74, 6) is 1.94. The Kier molecular flexibility index (Phi) is 5.92. The van der Waals surface area contributed by atoms with Crippen LogP contribution < -0.4 is 10.1 Å². The summed E-state index contributed by atoms with van der Waals surface area (Å²) in [5, 5.41) is 3.51. The van der Waals surface area contributed by atoms with E-state index in [9.17, 15) is 0 Å². The van der Waals surface area contributed by atoms with Gasteiger partial charge in [-0.15, -0.1) is 0 Å². The molecule has 0 fully saturated rings. The van der Waals surface area contributed by atoms with E-state index < -0.39 is 0 Å². The number of aromatic nitrogens is 2. The zero-order valence-electron chi connectivity index (χ0n) is 17.0. The number of ether oxygens (including phenoxy) is 1. The first kappa shape index (κ1) is 19.2. The maximum absolute atomic E-state index is 5.71. The van der Waals surface area contributed by atoms with Gasteiger partial charge in [0, 0.05) is 25.1 Å². The Hall–Kier alpha value is -3.11. The lowest BCUT2D eigenvalue weighted by molar-refractivity contribution is 0.415. The summed E-state index contributed by atoms with van der Waals surface area (Å²) in [6, 6.07) is 23.1. The first-order valence-electron chi connectivity index (χ1n) is 10.2. The summed E-state index contributed by atoms with van der Waals surface area (Å²) < 4.78 is 5.71. The molecule has 0 atom stereocenters. The Bertz CT molecular complexity index is 1070. The fourth-order valence-corrected chi connectivity index (χ4v) is 3.72. The Morgan fingerprint density at radius 2 is 1.79 bits per heavy atom. The van der Waals surface area contributed by atoms with Gasteiger partial charge in [-0.05, 0) is 41.3 Å². The molecule has 3 aromatic carbocycles. The molecule has 0 bridgehead atoms. The number of nitrogens with one attached hydrogen (secondary N) is 2. The van der Waals surface area contributed by atoms with Crippen LogP contribution in [0.15, 0.2) is 66.7 Å². The van der Waals surface area contributed by atoms with Crippen LogP contribution in [0.4, 0.5) is 0 Å². The zero-order valence-corrected chi connectivity index (χ0v) is 17.0. The van der Waals surface area contributed by atoms with Gasteiger partial charge in [0.1, 0.15) is 11.6 Å². The van der Waals surface area contributed by atoms with Crippen LogP contribution >= 0.6 is 0 Å². The van der Waals surface area contributed by atoms with Crippen molar-refractivity contribution in [2.45, 2.75) is 26.3 Å². The van der Waals surface area contributed by atoms with E-state index in [1.165, 1.54) is 16.7 Å². The van der Waals surface area contributed by atoms with E-state index in [1.54, 1.807) is 7.11 Å². The van der Waals surface area contributed by atoms with Crippen LogP contribution in [0, 0.1) is 0 Å². The van der Waals surface area contributed by atoms with Crippen LogP contribution in [0.3, 0.4) is 0 Å². The summed E-state index contributed by atoms with van der Waals surface area (Å²) in [6.45, 7) is 3.85. The Morgan fingerprint density at radius 1 is 0.966 bits per heavy atom. The van der Waals surface area contributed by atoms with Gasteiger partial charge in [0.25, 0.3) is 0 Å². The number of hydrogen-bond acceptors (Lipinski definition) is 3. The Balaban J connectivity index is 1.40. The largest absolute Gasteiger partial charge is 0.496 e. The van der Waals surface area contributed by atoms with Crippen LogP contribution in [-0.2, 0) is 19.4 Å². The number of benzene rings is 3. The molecule has 0 aliphatic carbocycles. The molecule has 4 heteroatoms. The summed E-state index contributed by atoms with van der Waals surface area (Å²) in [5.41, 5.74) is 7.06. The van der Waals surface area contributed by atoms with Crippen LogP contribution in [0.5, 0.6) is 5.75 Å². The van der Waals surface area contributed by atoms with Crippen molar-refractivity contribution in [1.82, 2.24) is 15.3 Å². The molecule has 4 aromatic rings. The molecular formula is C25H27N3O. The summed E-state index contributed by atoms with van der Waals surface area (Å²) in [7, 11) is 1.74. The number of methoxy groups -OCH3 is 1. The highest BCUT2D eigenvalue weighted by Gasteiger charge is 2.10. The van der Waals surface area contributed by atoms with E-state index in [0.29, 0.717) is 0 Å². The minimum atomic E-state index is 0.798. The second kappa shape index (κ2) is 8.93. The van der Waals surface area contributed by atoms with Gasteiger partial charge in [0.15, 0.2) is 0 Å². The quantitative estimate of drug-likeness (QED) is 0.413. The highest BCUT2D eigenvalue weighted by molar-refractivity contribution is 5.75. The molecule has 0 amide bonds. The van der Waals surface area contributed by atoms with E-state index in [4.69, 9.17) is 4.74 Å². The van der Waals surface area contributed by atoms with Gasteiger partial charge < -0.3 is 15.0 Å². The molecule has 29 heavy (non-hydrogen) atoms. The van der Waals surface area contributed by atoms with Crippen molar-refractivity contribution in [3.8, 4) is 16.9 Å². The fourth-order valence-electron chi connectivity index (χ4n) is 3.72. The topological polar surface area (TPSA) is 49.9 Å². The lowest BCUT2D eigenvalue weighted by Crippen LogP contribution is -2.17. The first-order chi connectivity index (χ1) is 14.3. The highest BCUT2D eigenvalue weighted by Crippen LogP contribution is 2.33. The number of rotatable bonds is 8. The number of imidazole rings is 1. The average molecular weight is 386 g/mol. The van der Waals surface area contributed by atoms with E-state index >= 15 is 0 Å². The zero-order chi connectivity index (χ0) is 20.1. The maximum atomic E-state index is 5.71. The van der Waals surface area contributed by atoms with Crippen molar-refractivity contribution < 1.29 is 4.74 Å². The summed E-state index contributed by atoms with van der Waals surface area (Å²) >= 11 is 0. The molecule has 0 aliphatic rings. The minimum Gasteiger partial charge on any atom is -0.496 e. The lowest BCUT2D eigenvalue weighted by Gasteiger charge is -2.14. The van der Waals surface area contributed by atoms with E-state index in [-0.39, 0.29) is 0 Å². The van der Waals surface area contributed by atoms with E-state index in [2.05, 4.69) is 70.7 Å². The number of hydrogen-bond donors (Lipinski definition) is 2. The Morgan fingerprint density at radius 3 is 2.62 bits per heavy atom. The second-order valence-corrected chi connectivity index (χ2v) is 7.17. The number of para-hydroxylation sites is 2. The monoisotopic (exact) mass is 385 g/mol. The van der Waals surface area contributed by atoms with Gasteiger partial charge in [-0.1, -0.05) is 55.5 Å². The van der Waals surface area contributed by atoms with Gasteiger partial charge in [0.2, 0.25) is 0 Å². The third-order valence-corrected chi connectivity index (χ3v) is 5.26. The first-order valence-corrected chi connectivity index (χ1v) is 10.2. The van der Waals surface area contributed by atoms with Crippen molar-refractivity contribution in [3.63, 3.8) is 0 Å². The van der Waals surface area contributed by atoms with E-state index in [0.717, 1.165) is 54.1 Å². The molecule has 0 radical (unpaired) electrons. The van der Waals surface area contributed by atoms with E-state index in [1.807, 2.05) is 18.2 Å². The second-order valence-electron chi connectivity index (χ2n) is 7.17. The van der Waals surface area contributed by atoms with Gasteiger partial charge >= 0.3 is 0 Å². The predicted octanol–water partition coefficient (Wildman–Crippen LogP) is 5.13. The normalized spacial score (nSPS) is 11.1. The molecule has 0 saturated carbocycles. The molecule has 4 nitrogen and oxygen atoms in total. The molecule has 0 spiro atoms. The van der Waals surface area contributed by atoms with Crippen molar-refractivity contribution in [1.29, 1.82) is 0 Å². The predicted molar refractivity (Wildman–Crippen MR) is 119 cm³/mol. The summed E-state index contributed by atoms with van der Waals surface area (Å²) in [6.07, 6.45) is 1.87. The number of aromatic amines is 1. The van der Waals surface area contributed by atoms with Gasteiger partial charge in [-0.2, -0.15) is 0 Å². The number of H-pyrrole nitrogens is 1. The molecule has 2 N–H and O–H groups in total. The van der Waals surface area contributed by atoms with Crippen LogP contribution in [0.2, 0.25) is 0 Å². The standard InChI is InChI=1S/C25H27N3O/c1-3-19-8-4-5-9-20(19)21-13-12-18(16-24(21)29-2)17-26-15-14-25-27-22-10-6-7-11-23(22)28-25/h4-13,16,26H,3,14-15,17H2,1-2H3,(H,27,28). The molecule has 0 aliphatic heterocycles. The van der Waals surface area contributed by atoms with Crippen molar-refractivity contribution in [3.05, 3.63) is 83.7 Å². The van der Waals surface area contributed by atoms with Crippen LogP contribution in [0.25, 0.3) is 22.2 Å². The minimum absolute atomic E-state index is 0.798. The molecule has 148 valence electrons. The third kappa shape index (κ3) is 4.33. The van der Waals surface area contributed by atoms with Crippen LogP contribution in [-0.4, -0.2) is 23.6 Å². The fraction of sp³-hybridized carbons (Fsp3) is 0.240. The Labute approximate surface area is 172 Å². The number of aryl methyl sites for hydroxylation is 1. The van der Waals surface area contributed by atoms with Crippen LogP contribution in [0.1, 0.15) is 23.9 Å². The summed E-state index contributed by atoms with van der Waals surface area (Å²) in [4.78, 5) is 8.01. The van der Waals surface area contributed by atoms with Gasteiger partial charge in [0.05, 0.1) is 18.1 Å². The molecule has 0 unspecified atom stereocenters. The highest BCUT2D eigenvalue weighted by atomic mass is 16.5. The number of fused-ring (bicyclic) bond motifs is 1. The smallest absolute Gasteiger partial charge is 0.127 e. The molecule has 1 aromatic heterocycles. The van der Waals surface area contributed by atoms with Crippen molar-refractivity contribution in [2.24, 2.45) is 0 Å².